The largest absolute Gasteiger partial charge is 0.298 e. The molecule has 17 heavy (non-hydrogen) atoms. The predicted octanol–water partition coefficient (Wildman–Crippen LogP) is 4.75. The van der Waals surface area contributed by atoms with E-state index in [0.29, 0.717) is 10.6 Å². The minimum Gasteiger partial charge on any atom is -0.298 e. The lowest BCUT2D eigenvalue weighted by molar-refractivity contribution is 0.112. The van der Waals surface area contributed by atoms with Crippen LogP contribution >= 0.6 is 11.6 Å². The maximum Gasteiger partial charge on any atom is 0.150 e. The molecule has 0 radical (unpaired) electrons. The highest BCUT2D eigenvalue weighted by atomic mass is 35.5. The van der Waals surface area contributed by atoms with Gasteiger partial charge in [0.05, 0.1) is 0 Å². The summed E-state index contributed by atoms with van der Waals surface area (Å²) in [5.41, 5.74) is 1.65. The Bertz CT molecular complexity index is 417. The first-order valence-electron chi connectivity index (χ1n) is 6.20. The Balaban J connectivity index is 1.99. The van der Waals surface area contributed by atoms with Crippen LogP contribution in [0.2, 0.25) is 5.02 Å². The highest BCUT2D eigenvalue weighted by Crippen LogP contribution is 2.28. The lowest BCUT2D eigenvalue weighted by Gasteiger charge is -2.03. The number of benzene rings is 1. The Morgan fingerprint density at radius 3 is 2.59 bits per heavy atom. The Kier molecular flexibility index (Phi) is 4.38. The van der Waals surface area contributed by atoms with E-state index in [-0.39, 0.29) is 0 Å². The van der Waals surface area contributed by atoms with Crippen LogP contribution in [0.15, 0.2) is 24.3 Å². The van der Waals surface area contributed by atoms with Gasteiger partial charge in [-0.15, -0.1) is 0 Å². The summed E-state index contributed by atoms with van der Waals surface area (Å²) in [6, 6.07) is 5.44. The van der Waals surface area contributed by atoms with Gasteiger partial charge >= 0.3 is 0 Å². The van der Waals surface area contributed by atoms with Gasteiger partial charge in [0.15, 0.2) is 0 Å². The van der Waals surface area contributed by atoms with Gasteiger partial charge in [0, 0.05) is 10.6 Å². The second kappa shape index (κ2) is 6.02. The zero-order valence-corrected chi connectivity index (χ0v) is 10.6. The SMILES string of the molecule is O=Cc1cc(Cl)cc(/C=C/CC2CCCC2)c1. The van der Waals surface area contributed by atoms with Crippen molar-refractivity contribution in [2.75, 3.05) is 0 Å². The molecule has 1 aromatic rings. The first-order valence-corrected chi connectivity index (χ1v) is 6.58. The molecule has 1 saturated carbocycles. The maximum atomic E-state index is 10.7. The fourth-order valence-electron chi connectivity index (χ4n) is 2.44. The van der Waals surface area contributed by atoms with E-state index in [1.807, 2.05) is 12.1 Å². The van der Waals surface area contributed by atoms with E-state index < -0.39 is 0 Å². The summed E-state index contributed by atoms with van der Waals surface area (Å²) in [4.78, 5) is 10.7. The number of rotatable bonds is 4. The molecule has 0 bridgehead atoms. The zero-order chi connectivity index (χ0) is 12.1. The van der Waals surface area contributed by atoms with Crippen molar-refractivity contribution in [1.29, 1.82) is 0 Å². The molecule has 1 aliphatic carbocycles. The summed E-state index contributed by atoms with van der Waals surface area (Å²) < 4.78 is 0. The van der Waals surface area contributed by atoms with Crippen LogP contribution in [-0.2, 0) is 0 Å². The number of carbonyl (C=O) groups excluding carboxylic acids is 1. The van der Waals surface area contributed by atoms with Crippen molar-refractivity contribution < 1.29 is 4.79 Å². The van der Waals surface area contributed by atoms with Crippen molar-refractivity contribution in [3.8, 4) is 0 Å². The first-order chi connectivity index (χ1) is 8.28. The van der Waals surface area contributed by atoms with Gasteiger partial charge in [-0.3, -0.25) is 4.79 Å². The van der Waals surface area contributed by atoms with Crippen molar-refractivity contribution in [2.45, 2.75) is 32.1 Å². The van der Waals surface area contributed by atoms with E-state index in [2.05, 4.69) is 12.2 Å². The van der Waals surface area contributed by atoms with Crippen molar-refractivity contribution in [3.63, 3.8) is 0 Å². The van der Waals surface area contributed by atoms with Gasteiger partial charge in [0.25, 0.3) is 0 Å². The third-order valence-corrected chi connectivity index (χ3v) is 3.55. The molecule has 1 fully saturated rings. The second-order valence-corrected chi connectivity index (χ2v) is 5.16. The second-order valence-electron chi connectivity index (χ2n) is 4.72. The average molecular weight is 249 g/mol. The van der Waals surface area contributed by atoms with Crippen LogP contribution in [-0.4, -0.2) is 6.29 Å². The van der Waals surface area contributed by atoms with Gasteiger partial charge in [-0.25, -0.2) is 0 Å². The van der Waals surface area contributed by atoms with Crippen molar-refractivity contribution in [1.82, 2.24) is 0 Å². The summed E-state index contributed by atoms with van der Waals surface area (Å²) in [6.45, 7) is 0. The van der Waals surface area contributed by atoms with Crippen LogP contribution in [0.5, 0.6) is 0 Å². The molecule has 1 aliphatic rings. The molecular formula is C15H17ClO. The molecular weight excluding hydrogens is 232 g/mol. The molecule has 90 valence electrons. The van der Waals surface area contributed by atoms with Crippen molar-refractivity contribution in [3.05, 3.63) is 40.4 Å². The number of carbonyl (C=O) groups is 1. The number of allylic oxidation sites excluding steroid dienone is 1. The molecule has 0 amide bonds. The summed E-state index contributed by atoms with van der Waals surface area (Å²) in [6.07, 6.45) is 11.7. The molecule has 0 aliphatic heterocycles. The smallest absolute Gasteiger partial charge is 0.150 e. The number of halogens is 1. The van der Waals surface area contributed by atoms with Gasteiger partial charge in [-0.2, -0.15) is 0 Å². The highest BCUT2D eigenvalue weighted by molar-refractivity contribution is 6.31. The summed E-state index contributed by atoms with van der Waals surface area (Å²) in [5, 5.41) is 0.620. The third-order valence-electron chi connectivity index (χ3n) is 3.33. The van der Waals surface area contributed by atoms with Gasteiger partial charge in [0.2, 0.25) is 0 Å². The Hall–Kier alpha value is -1.08. The maximum absolute atomic E-state index is 10.7. The standard InChI is InChI=1S/C15H17ClO/c16-15-9-13(8-14(10-15)11-17)7-3-6-12-4-1-2-5-12/h3,7-12H,1-2,4-6H2/b7-3+. The van der Waals surface area contributed by atoms with Crippen molar-refractivity contribution >= 4 is 24.0 Å². The average Bonchev–Trinajstić information content (AvgIpc) is 2.81. The molecule has 0 saturated heterocycles. The van der Waals surface area contributed by atoms with Crippen LogP contribution in [0.25, 0.3) is 6.08 Å². The van der Waals surface area contributed by atoms with E-state index in [0.717, 1.165) is 24.2 Å². The summed E-state index contributed by atoms with van der Waals surface area (Å²) in [7, 11) is 0. The predicted molar refractivity (Wildman–Crippen MR) is 72.4 cm³/mol. The molecule has 2 heteroatoms. The summed E-state index contributed by atoms with van der Waals surface area (Å²) in [5.74, 6) is 0.857. The minimum atomic E-state index is 0.620. The quantitative estimate of drug-likeness (QED) is 0.703. The van der Waals surface area contributed by atoms with E-state index in [9.17, 15) is 4.79 Å². The molecule has 0 aromatic heterocycles. The fraction of sp³-hybridized carbons (Fsp3) is 0.400. The van der Waals surface area contributed by atoms with E-state index in [4.69, 9.17) is 11.6 Å². The fourth-order valence-corrected chi connectivity index (χ4v) is 2.69. The van der Waals surface area contributed by atoms with Crippen LogP contribution in [0.1, 0.15) is 48.0 Å². The molecule has 0 N–H and O–H groups in total. The van der Waals surface area contributed by atoms with Crippen LogP contribution in [0.3, 0.4) is 0 Å². The molecule has 2 rings (SSSR count). The molecule has 0 heterocycles. The van der Waals surface area contributed by atoms with Crippen LogP contribution in [0, 0.1) is 5.92 Å². The minimum absolute atomic E-state index is 0.620. The van der Waals surface area contributed by atoms with Gasteiger partial charge in [-0.1, -0.05) is 49.4 Å². The van der Waals surface area contributed by atoms with Crippen LogP contribution in [0.4, 0.5) is 0 Å². The van der Waals surface area contributed by atoms with Crippen LogP contribution < -0.4 is 0 Å². The van der Waals surface area contributed by atoms with E-state index in [1.165, 1.54) is 25.7 Å². The molecule has 1 nitrogen and oxygen atoms in total. The topological polar surface area (TPSA) is 17.1 Å². The Morgan fingerprint density at radius 1 is 1.18 bits per heavy atom. The van der Waals surface area contributed by atoms with E-state index >= 15 is 0 Å². The number of aldehydes is 1. The Morgan fingerprint density at radius 2 is 1.88 bits per heavy atom. The molecule has 0 unspecified atom stereocenters. The summed E-state index contributed by atoms with van der Waals surface area (Å²) >= 11 is 5.94. The Labute approximate surface area is 107 Å². The zero-order valence-electron chi connectivity index (χ0n) is 9.86. The number of hydrogen-bond donors (Lipinski definition) is 0. The molecule has 0 atom stereocenters. The first kappa shape index (κ1) is 12.4. The monoisotopic (exact) mass is 248 g/mol. The normalized spacial score (nSPS) is 16.8. The third kappa shape index (κ3) is 3.71. The van der Waals surface area contributed by atoms with Gasteiger partial charge in [0.1, 0.15) is 6.29 Å². The van der Waals surface area contributed by atoms with Gasteiger partial charge in [-0.05, 0) is 36.1 Å². The van der Waals surface area contributed by atoms with Crippen molar-refractivity contribution in [2.24, 2.45) is 5.92 Å². The lowest BCUT2D eigenvalue weighted by Crippen LogP contribution is -1.89. The van der Waals surface area contributed by atoms with Gasteiger partial charge < -0.3 is 0 Å². The lowest BCUT2D eigenvalue weighted by atomic mass is 10.0. The highest BCUT2D eigenvalue weighted by Gasteiger charge is 2.12. The van der Waals surface area contributed by atoms with E-state index in [1.54, 1.807) is 6.07 Å². The molecule has 1 aromatic carbocycles. The molecule has 0 spiro atoms. The number of hydrogen-bond acceptors (Lipinski definition) is 1.